The van der Waals surface area contributed by atoms with Gasteiger partial charge in [-0.15, -0.1) is 0 Å². The molecular weight excluding hydrogens is 242 g/mol. The van der Waals surface area contributed by atoms with Gasteiger partial charge in [0.1, 0.15) is 0 Å². The van der Waals surface area contributed by atoms with Crippen molar-refractivity contribution in [1.82, 2.24) is 4.98 Å². The number of hydrogen-bond acceptors (Lipinski definition) is 3. The lowest BCUT2D eigenvalue weighted by atomic mass is 10.1. The van der Waals surface area contributed by atoms with Gasteiger partial charge in [-0.3, -0.25) is 4.98 Å². The van der Waals surface area contributed by atoms with Gasteiger partial charge in [0, 0.05) is 29.8 Å². The van der Waals surface area contributed by atoms with Crippen molar-refractivity contribution in [2.45, 2.75) is 18.9 Å². The SMILES string of the molecule is NC1CCN(c2cncc(Br)c2)CC1. The van der Waals surface area contributed by atoms with Crippen LogP contribution in [0.1, 0.15) is 12.8 Å². The summed E-state index contributed by atoms with van der Waals surface area (Å²) < 4.78 is 1.03. The van der Waals surface area contributed by atoms with E-state index in [1.165, 1.54) is 5.69 Å². The maximum atomic E-state index is 5.85. The molecule has 1 aromatic rings. The average Bonchev–Trinajstić information content (AvgIpc) is 2.19. The van der Waals surface area contributed by atoms with Gasteiger partial charge in [0.05, 0.1) is 11.9 Å². The van der Waals surface area contributed by atoms with E-state index in [0.717, 1.165) is 30.4 Å². The van der Waals surface area contributed by atoms with Crippen LogP contribution in [0.15, 0.2) is 22.9 Å². The Bertz CT molecular complexity index is 308. The van der Waals surface area contributed by atoms with Gasteiger partial charge in [0.2, 0.25) is 0 Å². The van der Waals surface area contributed by atoms with Crippen molar-refractivity contribution in [3.63, 3.8) is 0 Å². The van der Waals surface area contributed by atoms with Crippen LogP contribution in [0.3, 0.4) is 0 Å². The summed E-state index contributed by atoms with van der Waals surface area (Å²) in [5.74, 6) is 0. The number of nitrogens with two attached hydrogens (primary N) is 1. The Hall–Kier alpha value is -0.610. The number of anilines is 1. The molecule has 1 fully saturated rings. The molecule has 0 atom stereocenters. The summed E-state index contributed by atoms with van der Waals surface area (Å²) in [6, 6.07) is 2.48. The van der Waals surface area contributed by atoms with E-state index in [9.17, 15) is 0 Å². The van der Waals surface area contributed by atoms with Crippen LogP contribution in [0.25, 0.3) is 0 Å². The zero-order chi connectivity index (χ0) is 9.97. The molecule has 76 valence electrons. The van der Waals surface area contributed by atoms with Crippen LogP contribution in [0.5, 0.6) is 0 Å². The van der Waals surface area contributed by atoms with Gasteiger partial charge in [0.15, 0.2) is 0 Å². The third kappa shape index (κ3) is 2.25. The van der Waals surface area contributed by atoms with E-state index < -0.39 is 0 Å². The summed E-state index contributed by atoms with van der Waals surface area (Å²) in [6.45, 7) is 2.08. The summed E-state index contributed by atoms with van der Waals surface area (Å²) in [5.41, 5.74) is 7.04. The molecule has 0 amide bonds. The smallest absolute Gasteiger partial charge is 0.0564 e. The summed E-state index contributed by atoms with van der Waals surface area (Å²) in [4.78, 5) is 6.49. The quantitative estimate of drug-likeness (QED) is 0.832. The molecule has 1 aliphatic rings. The molecule has 14 heavy (non-hydrogen) atoms. The molecule has 1 saturated heterocycles. The maximum absolute atomic E-state index is 5.85. The molecule has 2 rings (SSSR count). The fraction of sp³-hybridized carbons (Fsp3) is 0.500. The van der Waals surface area contributed by atoms with Crippen LogP contribution in [0.2, 0.25) is 0 Å². The zero-order valence-corrected chi connectivity index (χ0v) is 9.57. The summed E-state index contributed by atoms with van der Waals surface area (Å²) in [7, 11) is 0. The first-order chi connectivity index (χ1) is 6.75. The van der Waals surface area contributed by atoms with E-state index in [-0.39, 0.29) is 0 Å². The lowest BCUT2D eigenvalue weighted by Gasteiger charge is -2.31. The number of aromatic nitrogens is 1. The Kier molecular flexibility index (Phi) is 3.03. The molecule has 0 saturated carbocycles. The molecular formula is C10H14BrN3. The van der Waals surface area contributed by atoms with E-state index in [1.54, 1.807) is 6.20 Å². The second kappa shape index (κ2) is 4.28. The molecule has 0 bridgehead atoms. The van der Waals surface area contributed by atoms with Gasteiger partial charge in [-0.25, -0.2) is 0 Å². The van der Waals surface area contributed by atoms with Crippen LogP contribution < -0.4 is 10.6 Å². The second-order valence-electron chi connectivity index (χ2n) is 3.69. The highest BCUT2D eigenvalue weighted by atomic mass is 79.9. The molecule has 2 heterocycles. The standard InChI is InChI=1S/C10H14BrN3/c11-8-5-10(7-13-6-8)14-3-1-9(12)2-4-14/h5-7,9H,1-4,12H2. The third-order valence-electron chi connectivity index (χ3n) is 2.60. The number of pyridine rings is 1. The van der Waals surface area contributed by atoms with Crippen molar-refractivity contribution in [3.8, 4) is 0 Å². The average molecular weight is 256 g/mol. The van der Waals surface area contributed by atoms with Crippen molar-refractivity contribution in [3.05, 3.63) is 22.9 Å². The van der Waals surface area contributed by atoms with Crippen molar-refractivity contribution < 1.29 is 0 Å². The molecule has 1 aromatic heterocycles. The predicted octanol–water partition coefficient (Wildman–Crippen LogP) is 1.77. The monoisotopic (exact) mass is 255 g/mol. The first-order valence-corrected chi connectivity index (χ1v) is 5.66. The lowest BCUT2D eigenvalue weighted by molar-refractivity contribution is 0.501. The summed E-state index contributed by atoms with van der Waals surface area (Å²) >= 11 is 3.43. The maximum Gasteiger partial charge on any atom is 0.0564 e. The third-order valence-corrected chi connectivity index (χ3v) is 3.03. The normalized spacial score (nSPS) is 18.6. The van der Waals surface area contributed by atoms with E-state index in [1.807, 2.05) is 6.20 Å². The molecule has 0 aromatic carbocycles. The van der Waals surface area contributed by atoms with Gasteiger partial charge in [-0.1, -0.05) is 0 Å². The van der Waals surface area contributed by atoms with E-state index >= 15 is 0 Å². The van der Waals surface area contributed by atoms with Crippen LogP contribution in [0.4, 0.5) is 5.69 Å². The topological polar surface area (TPSA) is 42.1 Å². The first-order valence-electron chi connectivity index (χ1n) is 4.87. The number of hydrogen-bond donors (Lipinski definition) is 1. The Morgan fingerprint density at radius 2 is 2.07 bits per heavy atom. The van der Waals surface area contributed by atoms with Crippen LogP contribution in [-0.2, 0) is 0 Å². The highest BCUT2D eigenvalue weighted by Gasteiger charge is 2.16. The molecule has 0 spiro atoms. The van der Waals surface area contributed by atoms with Gasteiger partial charge in [-0.05, 0) is 34.8 Å². The Morgan fingerprint density at radius 1 is 1.36 bits per heavy atom. The first kappa shape index (κ1) is 9.93. The Morgan fingerprint density at radius 3 is 2.71 bits per heavy atom. The largest absolute Gasteiger partial charge is 0.370 e. The number of halogens is 1. The summed E-state index contributed by atoms with van der Waals surface area (Å²) in [6.07, 6.45) is 5.86. The second-order valence-corrected chi connectivity index (χ2v) is 4.60. The van der Waals surface area contributed by atoms with Crippen LogP contribution in [0, 0.1) is 0 Å². The van der Waals surface area contributed by atoms with Crippen molar-refractivity contribution in [2.75, 3.05) is 18.0 Å². The van der Waals surface area contributed by atoms with Crippen molar-refractivity contribution >= 4 is 21.6 Å². The fourth-order valence-electron chi connectivity index (χ4n) is 1.73. The minimum Gasteiger partial charge on any atom is -0.370 e. The lowest BCUT2D eigenvalue weighted by Crippen LogP contribution is -2.39. The molecule has 4 heteroatoms. The molecule has 1 aliphatic heterocycles. The van der Waals surface area contributed by atoms with Crippen LogP contribution in [-0.4, -0.2) is 24.1 Å². The zero-order valence-electron chi connectivity index (χ0n) is 7.99. The minimum absolute atomic E-state index is 0.381. The molecule has 2 N–H and O–H groups in total. The Balaban J connectivity index is 2.08. The number of piperidine rings is 1. The predicted molar refractivity (Wildman–Crippen MR) is 61.4 cm³/mol. The van der Waals surface area contributed by atoms with Gasteiger partial charge >= 0.3 is 0 Å². The Labute approximate surface area is 92.4 Å². The molecule has 3 nitrogen and oxygen atoms in total. The van der Waals surface area contributed by atoms with Crippen molar-refractivity contribution in [2.24, 2.45) is 5.73 Å². The van der Waals surface area contributed by atoms with E-state index in [0.29, 0.717) is 6.04 Å². The minimum atomic E-state index is 0.381. The highest BCUT2D eigenvalue weighted by Crippen LogP contribution is 2.21. The van der Waals surface area contributed by atoms with Crippen molar-refractivity contribution in [1.29, 1.82) is 0 Å². The highest BCUT2D eigenvalue weighted by molar-refractivity contribution is 9.10. The van der Waals surface area contributed by atoms with Gasteiger partial charge in [-0.2, -0.15) is 0 Å². The molecule has 0 radical (unpaired) electrons. The van der Waals surface area contributed by atoms with Gasteiger partial charge < -0.3 is 10.6 Å². The molecule has 0 aliphatic carbocycles. The number of rotatable bonds is 1. The van der Waals surface area contributed by atoms with Gasteiger partial charge in [0.25, 0.3) is 0 Å². The van der Waals surface area contributed by atoms with E-state index in [4.69, 9.17) is 5.73 Å². The van der Waals surface area contributed by atoms with E-state index in [2.05, 4.69) is 31.9 Å². The summed E-state index contributed by atoms with van der Waals surface area (Å²) in [5, 5.41) is 0. The van der Waals surface area contributed by atoms with Crippen LogP contribution >= 0.6 is 15.9 Å². The fourth-order valence-corrected chi connectivity index (χ4v) is 2.08. The molecule has 0 unspecified atom stereocenters. The number of nitrogens with zero attached hydrogens (tertiary/aromatic N) is 2.